The third-order valence-electron chi connectivity index (χ3n) is 7.84. The Bertz CT molecular complexity index is 1620. The Morgan fingerprint density at radius 2 is 1.71 bits per heavy atom. The Hall–Kier alpha value is -4.66. The summed E-state index contributed by atoms with van der Waals surface area (Å²) in [5.41, 5.74) is 1.03. The van der Waals surface area contributed by atoms with E-state index in [2.05, 4.69) is 40.2 Å². The van der Waals surface area contributed by atoms with Gasteiger partial charge in [-0.1, -0.05) is 48.5 Å². The topological polar surface area (TPSA) is 88.7 Å². The average molecular weight is 558 g/mol. The van der Waals surface area contributed by atoms with Crippen LogP contribution < -0.4 is 25.4 Å². The number of urea groups is 1. The predicted molar refractivity (Wildman–Crippen MR) is 150 cm³/mol. The van der Waals surface area contributed by atoms with Crippen LogP contribution in [0.4, 0.5) is 13.6 Å². The molecule has 4 aromatic rings. The van der Waals surface area contributed by atoms with E-state index < -0.39 is 41.1 Å². The van der Waals surface area contributed by atoms with Gasteiger partial charge in [-0.2, -0.15) is 0 Å². The van der Waals surface area contributed by atoms with E-state index >= 15 is 0 Å². The minimum absolute atomic E-state index is 0.00825. The Labute approximate surface area is 235 Å². The van der Waals surface area contributed by atoms with E-state index in [9.17, 15) is 18.4 Å². The summed E-state index contributed by atoms with van der Waals surface area (Å²) in [6, 6.07) is 22.3. The second kappa shape index (κ2) is 10.7. The predicted octanol–water partition coefficient (Wildman–Crippen LogP) is 5.28. The van der Waals surface area contributed by atoms with E-state index in [4.69, 9.17) is 9.47 Å². The van der Waals surface area contributed by atoms with Gasteiger partial charge in [-0.25, -0.2) is 13.6 Å². The Balaban J connectivity index is 1.13. The van der Waals surface area contributed by atoms with Crippen LogP contribution in [0.3, 0.4) is 0 Å². The van der Waals surface area contributed by atoms with Crippen LogP contribution in [0, 0.1) is 11.6 Å². The van der Waals surface area contributed by atoms with Gasteiger partial charge in [0.25, 0.3) is 0 Å². The molecule has 1 aliphatic carbocycles. The number of nitrogens with one attached hydrogen (secondary N) is 3. The van der Waals surface area contributed by atoms with Gasteiger partial charge in [-0.15, -0.1) is 0 Å². The van der Waals surface area contributed by atoms with Crippen molar-refractivity contribution in [2.75, 3.05) is 13.7 Å². The molecule has 0 radical (unpaired) electrons. The third kappa shape index (κ3) is 5.39. The van der Waals surface area contributed by atoms with Gasteiger partial charge in [-0.3, -0.25) is 4.79 Å². The van der Waals surface area contributed by atoms with E-state index in [1.165, 1.54) is 12.5 Å². The van der Waals surface area contributed by atoms with Gasteiger partial charge in [0, 0.05) is 30.2 Å². The van der Waals surface area contributed by atoms with E-state index in [-0.39, 0.29) is 17.9 Å². The van der Waals surface area contributed by atoms with Crippen LogP contribution >= 0.6 is 0 Å². The van der Waals surface area contributed by atoms with E-state index in [0.717, 1.165) is 28.6 Å². The highest BCUT2D eigenvalue weighted by Gasteiger charge is 2.47. The summed E-state index contributed by atoms with van der Waals surface area (Å²) in [4.78, 5) is 25.6. The zero-order chi connectivity index (χ0) is 28.6. The smallest absolute Gasteiger partial charge is 0.316 e. The van der Waals surface area contributed by atoms with Crippen molar-refractivity contribution in [1.29, 1.82) is 0 Å². The summed E-state index contributed by atoms with van der Waals surface area (Å²) in [5, 5.41) is 10.5. The summed E-state index contributed by atoms with van der Waals surface area (Å²) >= 11 is 0. The number of benzene rings is 4. The van der Waals surface area contributed by atoms with Crippen LogP contribution in [0.2, 0.25) is 0 Å². The molecule has 0 bridgehead atoms. The fourth-order valence-corrected chi connectivity index (χ4v) is 5.47. The lowest BCUT2D eigenvalue weighted by atomic mass is 9.92. The largest absolute Gasteiger partial charge is 0.497 e. The van der Waals surface area contributed by atoms with Crippen molar-refractivity contribution in [2.45, 2.75) is 36.9 Å². The first kappa shape index (κ1) is 26.6. The maximum Gasteiger partial charge on any atom is 0.316 e. The fraction of sp³-hybridized carbons (Fsp3) is 0.250. The molecular formula is C32H29F2N3O4. The van der Waals surface area contributed by atoms with Gasteiger partial charge in [0.1, 0.15) is 35.8 Å². The quantitative estimate of drug-likeness (QED) is 0.275. The minimum Gasteiger partial charge on any atom is -0.497 e. The molecular weight excluding hydrogens is 528 g/mol. The Morgan fingerprint density at radius 3 is 2.44 bits per heavy atom. The molecule has 2 atom stereocenters. The number of halogens is 2. The van der Waals surface area contributed by atoms with Crippen LogP contribution in [0.1, 0.15) is 35.4 Å². The molecule has 7 nitrogen and oxygen atoms in total. The first-order chi connectivity index (χ1) is 19.8. The molecule has 1 saturated carbocycles. The van der Waals surface area contributed by atoms with Crippen molar-refractivity contribution in [1.82, 2.24) is 16.0 Å². The second-order valence-corrected chi connectivity index (χ2v) is 10.5. The summed E-state index contributed by atoms with van der Waals surface area (Å²) in [6.45, 7) is 0.386. The lowest BCUT2D eigenvalue weighted by Gasteiger charge is -2.23. The number of amides is 3. The highest BCUT2D eigenvalue weighted by molar-refractivity contribution is 5.90. The Kier molecular flexibility index (Phi) is 6.95. The number of hydrogen-bond acceptors (Lipinski definition) is 4. The molecule has 2 fully saturated rings. The zero-order valence-electron chi connectivity index (χ0n) is 22.4. The molecule has 0 spiro atoms. The van der Waals surface area contributed by atoms with Crippen LogP contribution in [0.25, 0.3) is 10.8 Å². The highest BCUT2D eigenvalue weighted by Crippen LogP contribution is 2.46. The molecule has 210 valence electrons. The number of fused-ring (bicyclic) bond motifs is 1. The zero-order valence-corrected chi connectivity index (χ0v) is 22.4. The van der Waals surface area contributed by atoms with Gasteiger partial charge >= 0.3 is 6.03 Å². The first-order valence-electron chi connectivity index (χ1n) is 13.5. The molecule has 6 rings (SSSR count). The van der Waals surface area contributed by atoms with Crippen LogP contribution in [-0.2, 0) is 16.9 Å². The normalized spacial score (nSPS) is 19.0. The molecule has 0 aromatic heterocycles. The third-order valence-corrected chi connectivity index (χ3v) is 7.84. The van der Waals surface area contributed by atoms with Crippen LogP contribution in [-0.4, -0.2) is 31.6 Å². The van der Waals surface area contributed by atoms with Crippen molar-refractivity contribution in [3.05, 3.63) is 107 Å². The molecule has 1 heterocycles. The average Bonchev–Trinajstić information content (AvgIpc) is 3.68. The summed E-state index contributed by atoms with van der Waals surface area (Å²) in [6.07, 6.45) is 1.41. The van der Waals surface area contributed by atoms with Crippen molar-refractivity contribution < 1.29 is 27.8 Å². The van der Waals surface area contributed by atoms with Crippen LogP contribution in [0.5, 0.6) is 11.5 Å². The van der Waals surface area contributed by atoms with Gasteiger partial charge < -0.3 is 25.4 Å². The lowest BCUT2D eigenvalue weighted by Crippen LogP contribution is -2.50. The lowest BCUT2D eigenvalue weighted by molar-refractivity contribution is -0.120. The van der Waals surface area contributed by atoms with E-state index in [0.29, 0.717) is 25.2 Å². The van der Waals surface area contributed by atoms with Gasteiger partial charge in [-0.05, 0) is 52.9 Å². The monoisotopic (exact) mass is 557 g/mol. The SMILES string of the molecule is COc1cc(F)c([C@@H]2CNC(=O)[C@H]2NC(=O)NC2(c3cccc(OCc4ccc5ccccc5c4)c3)CC2)c(F)c1. The van der Waals surface area contributed by atoms with Crippen LogP contribution in [0.15, 0.2) is 78.9 Å². The number of hydrogen-bond donors (Lipinski definition) is 3. The first-order valence-corrected chi connectivity index (χ1v) is 13.5. The van der Waals surface area contributed by atoms with Crippen molar-refractivity contribution in [3.63, 3.8) is 0 Å². The Morgan fingerprint density at radius 1 is 0.951 bits per heavy atom. The molecule has 3 N–H and O–H groups in total. The molecule has 4 aromatic carbocycles. The summed E-state index contributed by atoms with van der Waals surface area (Å²) in [5.74, 6) is -2.40. The molecule has 2 aliphatic rings. The van der Waals surface area contributed by atoms with Gasteiger partial charge in [0.05, 0.1) is 12.6 Å². The molecule has 1 aliphatic heterocycles. The van der Waals surface area contributed by atoms with Crippen molar-refractivity contribution in [2.24, 2.45) is 0 Å². The summed E-state index contributed by atoms with van der Waals surface area (Å²) in [7, 11) is 1.31. The second-order valence-electron chi connectivity index (χ2n) is 10.5. The number of carbonyl (C=O) groups excluding carboxylic acids is 2. The number of carbonyl (C=O) groups is 2. The molecule has 0 unspecified atom stereocenters. The minimum atomic E-state index is -1.14. The van der Waals surface area contributed by atoms with Crippen molar-refractivity contribution in [3.8, 4) is 11.5 Å². The molecule has 9 heteroatoms. The number of ether oxygens (including phenoxy) is 2. The van der Waals surface area contributed by atoms with Crippen molar-refractivity contribution >= 4 is 22.7 Å². The van der Waals surface area contributed by atoms with E-state index in [1.807, 2.05) is 42.5 Å². The van der Waals surface area contributed by atoms with E-state index in [1.54, 1.807) is 0 Å². The molecule has 1 saturated heterocycles. The molecule has 3 amide bonds. The maximum absolute atomic E-state index is 14.8. The maximum atomic E-state index is 14.8. The number of methoxy groups -OCH3 is 1. The molecule has 41 heavy (non-hydrogen) atoms. The number of rotatable bonds is 8. The van der Waals surface area contributed by atoms with Gasteiger partial charge in [0.15, 0.2) is 0 Å². The highest BCUT2D eigenvalue weighted by atomic mass is 19.1. The van der Waals surface area contributed by atoms with Gasteiger partial charge in [0.2, 0.25) is 5.91 Å². The standard InChI is InChI=1S/C32H29F2N3O4/c1-40-24-15-26(33)28(27(34)16-24)25-17-35-30(38)29(25)36-31(39)37-32(11-12-32)22-7-4-8-23(14-22)41-18-19-9-10-20-5-2-3-6-21(20)13-19/h2-10,13-16,25,29H,11-12,17-18H2,1H3,(H,35,38)(H2,36,37,39)/t25-,29-/m0/s1. The fourth-order valence-electron chi connectivity index (χ4n) is 5.47. The summed E-state index contributed by atoms with van der Waals surface area (Å²) < 4.78 is 40.5.